The number of nitrogens with one attached hydrogen (secondary N) is 1. The maximum Gasteiger partial charge on any atom is 0.287 e. The molecule has 0 atom stereocenters. The number of benzene rings is 1. The maximum absolute atomic E-state index is 12.2. The van der Waals surface area contributed by atoms with Crippen LogP contribution in [0, 0.1) is 0 Å². The van der Waals surface area contributed by atoms with Gasteiger partial charge in [0.05, 0.1) is 13.1 Å². The third-order valence-corrected chi connectivity index (χ3v) is 4.36. The lowest BCUT2D eigenvalue weighted by Gasteiger charge is -2.11. The molecule has 0 spiro atoms. The number of nitrogens with zero attached hydrogens (tertiary/aromatic N) is 1. The van der Waals surface area contributed by atoms with Crippen molar-refractivity contribution in [2.45, 2.75) is 25.9 Å². The summed E-state index contributed by atoms with van der Waals surface area (Å²) < 4.78 is 11.4. The molecule has 5 heteroatoms. The second kappa shape index (κ2) is 6.53. The van der Waals surface area contributed by atoms with Gasteiger partial charge in [0.1, 0.15) is 17.1 Å². The van der Waals surface area contributed by atoms with Crippen LogP contribution in [-0.2, 0) is 13.1 Å². The Morgan fingerprint density at radius 2 is 1.88 bits per heavy atom. The first kappa shape index (κ1) is 15.0. The molecule has 1 saturated heterocycles. The molecule has 124 valence electrons. The van der Waals surface area contributed by atoms with Crippen molar-refractivity contribution >= 4 is 16.9 Å². The van der Waals surface area contributed by atoms with Crippen LogP contribution in [0.15, 0.2) is 51.3 Å². The lowest BCUT2D eigenvalue weighted by molar-refractivity contribution is 0.0917. The van der Waals surface area contributed by atoms with Crippen molar-refractivity contribution in [2.24, 2.45) is 0 Å². The highest BCUT2D eigenvalue weighted by atomic mass is 16.4. The van der Waals surface area contributed by atoms with Crippen LogP contribution >= 0.6 is 0 Å². The van der Waals surface area contributed by atoms with Gasteiger partial charge >= 0.3 is 0 Å². The van der Waals surface area contributed by atoms with E-state index in [2.05, 4.69) is 10.2 Å². The van der Waals surface area contributed by atoms with Gasteiger partial charge in [-0.25, -0.2) is 0 Å². The first-order valence-electron chi connectivity index (χ1n) is 8.35. The van der Waals surface area contributed by atoms with E-state index in [-0.39, 0.29) is 5.91 Å². The van der Waals surface area contributed by atoms with Crippen molar-refractivity contribution in [3.63, 3.8) is 0 Å². The molecule has 1 aromatic carbocycles. The largest absolute Gasteiger partial charge is 0.459 e. The Kier molecular flexibility index (Phi) is 4.09. The molecule has 4 rings (SSSR count). The molecule has 1 aliphatic rings. The molecule has 0 radical (unpaired) electrons. The predicted octanol–water partition coefficient (Wildman–Crippen LogP) is 3.55. The molecule has 3 aromatic rings. The molecule has 1 N–H and O–H groups in total. The zero-order valence-electron chi connectivity index (χ0n) is 13.5. The number of likely N-dealkylation sites (tertiary alicyclic amines) is 1. The Labute approximate surface area is 140 Å². The second-order valence-electron chi connectivity index (χ2n) is 6.18. The third kappa shape index (κ3) is 3.21. The zero-order chi connectivity index (χ0) is 16.4. The van der Waals surface area contributed by atoms with Gasteiger partial charge in [0.2, 0.25) is 0 Å². The van der Waals surface area contributed by atoms with E-state index in [1.165, 1.54) is 12.8 Å². The summed E-state index contributed by atoms with van der Waals surface area (Å²) in [4.78, 5) is 14.6. The number of carbonyl (C=O) groups is 1. The maximum atomic E-state index is 12.2. The quantitative estimate of drug-likeness (QED) is 0.780. The van der Waals surface area contributed by atoms with Crippen molar-refractivity contribution in [1.29, 1.82) is 0 Å². The standard InChI is InChI=1S/C19H20N2O3/c22-19(18-8-7-15(23-18)13-21-9-3-4-10-21)20-12-16-11-14-5-1-2-6-17(14)24-16/h1-2,5-8,11H,3-4,9-10,12-13H2,(H,20,22). The van der Waals surface area contributed by atoms with Gasteiger partial charge in [-0.1, -0.05) is 18.2 Å². The summed E-state index contributed by atoms with van der Waals surface area (Å²) in [6, 6.07) is 13.4. The minimum atomic E-state index is -0.219. The summed E-state index contributed by atoms with van der Waals surface area (Å²) in [5.74, 6) is 1.70. The number of rotatable bonds is 5. The topological polar surface area (TPSA) is 58.6 Å². The van der Waals surface area contributed by atoms with Crippen molar-refractivity contribution in [3.05, 3.63) is 59.7 Å². The van der Waals surface area contributed by atoms with Gasteiger partial charge in [-0.05, 0) is 50.2 Å². The van der Waals surface area contributed by atoms with E-state index < -0.39 is 0 Å². The zero-order valence-corrected chi connectivity index (χ0v) is 13.5. The number of furan rings is 2. The summed E-state index contributed by atoms with van der Waals surface area (Å²) in [7, 11) is 0. The molecule has 0 aliphatic carbocycles. The third-order valence-electron chi connectivity index (χ3n) is 4.36. The number of amides is 1. The van der Waals surface area contributed by atoms with Crippen LogP contribution in [0.3, 0.4) is 0 Å². The lowest BCUT2D eigenvalue weighted by Crippen LogP contribution is -2.22. The van der Waals surface area contributed by atoms with E-state index >= 15 is 0 Å². The number of para-hydroxylation sites is 1. The van der Waals surface area contributed by atoms with Crippen LogP contribution in [0.5, 0.6) is 0 Å². The van der Waals surface area contributed by atoms with Crippen LogP contribution in [0.25, 0.3) is 11.0 Å². The van der Waals surface area contributed by atoms with Crippen molar-refractivity contribution in [3.8, 4) is 0 Å². The Hall–Kier alpha value is -2.53. The van der Waals surface area contributed by atoms with Gasteiger partial charge in [-0.15, -0.1) is 0 Å². The molecule has 0 unspecified atom stereocenters. The molecule has 2 aromatic heterocycles. The molecule has 1 amide bonds. The highest BCUT2D eigenvalue weighted by Gasteiger charge is 2.16. The summed E-state index contributed by atoms with van der Waals surface area (Å²) in [6.45, 7) is 3.33. The molecule has 1 fully saturated rings. The average Bonchev–Trinajstić information content (AvgIpc) is 3.33. The summed E-state index contributed by atoms with van der Waals surface area (Å²) in [5.41, 5.74) is 0.827. The number of hydrogen-bond donors (Lipinski definition) is 1. The van der Waals surface area contributed by atoms with E-state index in [1.807, 2.05) is 36.4 Å². The van der Waals surface area contributed by atoms with Crippen molar-refractivity contribution in [1.82, 2.24) is 10.2 Å². The first-order valence-corrected chi connectivity index (χ1v) is 8.35. The molecule has 0 saturated carbocycles. The van der Waals surface area contributed by atoms with E-state index in [4.69, 9.17) is 8.83 Å². The molecule has 24 heavy (non-hydrogen) atoms. The monoisotopic (exact) mass is 324 g/mol. The van der Waals surface area contributed by atoms with Gasteiger partial charge < -0.3 is 14.2 Å². The SMILES string of the molecule is O=C(NCc1cc2ccccc2o1)c1ccc(CN2CCCC2)o1. The normalized spacial score (nSPS) is 15.2. The van der Waals surface area contributed by atoms with Gasteiger partial charge in [-0.3, -0.25) is 9.69 Å². The Morgan fingerprint density at radius 3 is 2.71 bits per heavy atom. The van der Waals surface area contributed by atoms with Gasteiger partial charge in [0, 0.05) is 5.39 Å². The highest BCUT2D eigenvalue weighted by molar-refractivity contribution is 5.91. The molecular weight excluding hydrogens is 304 g/mol. The van der Waals surface area contributed by atoms with Crippen molar-refractivity contribution in [2.75, 3.05) is 13.1 Å². The minimum Gasteiger partial charge on any atom is -0.459 e. The molecule has 0 bridgehead atoms. The fourth-order valence-electron chi connectivity index (χ4n) is 3.12. The van der Waals surface area contributed by atoms with E-state index in [9.17, 15) is 4.79 Å². The van der Waals surface area contributed by atoms with E-state index in [0.29, 0.717) is 12.3 Å². The van der Waals surface area contributed by atoms with Gasteiger partial charge in [0.15, 0.2) is 5.76 Å². The van der Waals surface area contributed by atoms with Crippen LogP contribution < -0.4 is 5.32 Å². The Balaban J connectivity index is 1.36. The fourth-order valence-corrected chi connectivity index (χ4v) is 3.12. The van der Waals surface area contributed by atoms with E-state index in [1.54, 1.807) is 6.07 Å². The van der Waals surface area contributed by atoms with Crippen LogP contribution in [-0.4, -0.2) is 23.9 Å². The fraction of sp³-hybridized carbons (Fsp3) is 0.316. The molecule has 5 nitrogen and oxygen atoms in total. The molecule has 1 aliphatic heterocycles. The van der Waals surface area contributed by atoms with Crippen LogP contribution in [0.2, 0.25) is 0 Å². The summed E-state index contributed by atoms with van der Waals surface area (Å²) >= 11 is 0. The van der Waals surface area contributed by atoms with Crippen LogP contribution in [0.4, 0.5) is 0 Å². The van der Waals surface area contributed by atoms with Gasteiger partial charge in [-0.2, -0.15) is 0 Å². The number of fused-ring (bicyclic) bond motifs is 1. The summed E-state index contributed by atoms with van der Waals surface area (Å²) in [6.07, 6.45) is 2.48. The number of hydrogen-bond acceptors (Lipinski definition) is 4. The predicted molar refractivity (Wildman–Crippen MR) is 90.6 cm³/mol. The number of carbonyl (C=O) groups excluding carboxylic acids is 1. The smallest absolute Gasteiger partial charge is 0.287 e. The second-order valence-corrected chi connectivity index (χ2v) is 6.18. The highest BCUT2D eigenvalue weighted by Crippen LogP contribution is 2.19. The van der Waals surface area contributed by atoms with Crippen LogP contribution in [0.1, 0.15) is 34.9 Å². The Bertz CT molecular complexity index is 810. The first-order chi connectivity index (χ1) is 11.8. The average molecular weight is 324 g/mol. The summed E-state index contributed by atoms with van der Waals surface area (Å²) in [5, 5.41) is 3.88. The minimum absolute atomic E-state index is 0.219. The lowest BCUT2D eigenvalue weighted by atomic mass is 10.2. The van der Waals surface area contributed by atoms with Crippen molar-refractivity contribution < 1.29 is 13.6 Å². The molecular formula is C19H20N2O3. The van der Waals surface area contributed by atoms with Gasteiger partial charge in [0.25, 0.3) is 5.91 Å². The molecule has 3 heterocycles. The Morgan fingerprint density at radius 1 is 1.04 bits per heavy atom. The van der Waals surface area contributed by atoms with E-state index in [0.717, 1.165) is 42.1 Å².